The minimum atomic E-state index is -0.354. The number of anilines is 1. The molecule has 1 aliphatic heterocycles. The summed E-state index contributed by atoms with van der Waals surface area (Å²) in [6.07, 6.45) is 1.43. The summed E-state index contributed by atoms with van der Waals surface area (Å²) in [6.45, 7) is 2.20. The SMILES string of the molecule is COc1ccc(C(=O)N2CCCc3c(C)c(F)cc(Cl)c32)nn1. The molecule has 1 amide bonds. The summed E-state index contributed by atoms with van der Waals surface area (Å²) >= 11 is 6.20. The van der Waals surface area contributed by atoms with E-state index in [0.29, 0.717) is 30.1 Å². The van der Waals surface area contributed by atoms with Gasteiger partial charge in [0.15, 0.2) is 5.69 Å². The molecule has 120 valence electrons. The number of carbonyl (C=O) groups is 1. The van der Waals surface area contributed by atoms with Gasteiger partial charge in [-0.3, -0.25) is 4.79 Å². The summed E-state index contributed by atoms with van der Waals surface area (Å²) < 4.78 is 18.8. The minimum absolute atomic E-state index is 0.191. The molecule has 0 N–H and O–H groups in total. The molecule has 0 radical (unpaired) electrons. The van der Waals surface area contributed by atoms with Crippen LogP contribution in [0.5, 0.6) is 5.88 Å². The summed E-state index contributed by atoms with van der Waals surface area (Å²) in [6, 6.07) is 4.37. The van der Waals surface area contributed by atoms with E-state index < -0.39 is 0 Å². The fourth-order valence-electron chi connectivity index (χ4n) is 2.76. The lowest BCUT2D eigenvalue weighted by atomic mass is 9.96. The van der Waals surface area contributed by atoms with Gasteiger partial charge < -0.3 is 9.64 Å². The Labute approximate surface area is 138 Å². The smallest absolute Gasteiger partial charge is 0.278 e. The van der Waals surface area contributed by atoms with Crippen LogP contribution in [0.25, 0.3) is 0 Å². The zero-order valence-electron chi connectivity index (χ0n) is 12.8. The van der Waals surface area contributed by atoms with Crippen molar-refractivity contribution in [3.8, 4) is 5.88 Å². The number of hydrogen-bond acceptors (Lipinski definition) is 4. The Kier molecular flexibility index (Phi) is 4.17. The van der Waals surface area contributed by atoms with Crippen LogP contribution in [-0.2, 0) is 6.42 Å². The number of ether oxygens (including phenoxy) is 1. The number of methoxy groups -OCH3 is 1. The molecule has 5 nitrogen and oxygen atoms in total. The van der Waals surface area contributed by atoms with E-state index in [4.69, 9.17) is 16.3 Å². The van der Waals surface area contributed by atoms with Crippen LogP contribution < -0.4 is 9.64 Å². The normalized spacial score (nSPS) is 13.7. The molecular weight excluding hydrogens is 321 g/mol. The number of benzene rings is 1. The maximum absolute atomic E-state index is 13.9. The Hall–Kier alpha value is -2.21. The van der Waals surface area contributed by atoms with Crippen molar-refractivity contribution >= 4 is 23.2 Å². The highest BCUT2D eigenvalue weighted by molar-refractivity contribution is 6.34. The van der Waals surface area contributed by atoms with E-state index in [-0.39, 0.29) is 22.4 Å². The van der Waals surface area contributed by atoms with Gasteiger partial charge in [-0.05, 0) is 43.0 Å². The minimum Gasteiger partial charge on any atom is -0.480 e. The maximum Gasteiger partial charge on any atom is 0.278 e. The van der Waals surface area contributed by atoms with E-state index >= 15 is 0 Å². The molecule has 2 heterocycles. The molecule has 0 spiro atoms. The van der Waals surface area contributed by atoms with E-state index in [1.165, 1.54) is 13.2 Å². The summed E-state index contributed by atoms with van der Waals surface area (Å²) in [7, 11) is 1.48. The summed E-state index contributed by atoms with van der Waals surface area (Å²) in [4.78, 5) is 14.3. The van der Waals surface area contributed by atoms with Gasteiger partial charge in [0.25, 0.3) is 5.91 Å². The molecule has 1 aromatic carbocycles. The van der Waals surface area contributed by atoms with E-state index in [9.17, 15) is 9.18 Å². The number of nitrogens with zero attached hydrogens (tertiary/aromatic N) is 3. The summed E-state index contributed by atoms with van der Waals surface area (Å²) in [5.74, 6) is -0.335. The Morgan fingerprint density at radius 2 is 2.17 bits per heavy atom. The predicted molar refractivity (Wildman–Crippen MR) is 84.7 cm³/mol. The average Bonchev–Trinajstić information content (AvgIpc) is 2.58. The number of aromatic nitrogens is 2. The predicted octanol–water partition coefficient (Wildman–Crippen LogP) is 3.18. The first-order chi connectivity index (χ1) is 11.0. The van der Waals surface area contributed by atoms with E-state index in [2.05, 4.69) is 10.2 Å². The number of rotatable bonds is 2. The Bertz CT molecular complexity index is 765. The highest BCUT2D eigenvalue weighted by Crippen LogP contribution is 2.38. The van der Waals surface area contributed by atoms with E-state index in [1.54, 1.807) is 24.0 Å². The van der Waals surface area contributed by atoms with Crippen LogP contribution in [0.1, 0.15) is 28.0 Å². The van der Waals surface area contributed by atoms with Gasteiger partial charge in [0.05, 0.1) is 17.8 Å². The van der Waals surface area contributed by atoms with Crippen molar-refractivity contribution in [3.63, 3.8) is 0 Å². The molecule has 23 heavy (non-hydrogen) atoms. The van der Waals surface area contributed by atoms with Crippen LogP contribution in [0.2, 0.25) is 5.02 Å². The molecule has 1 aromatic heterocycles. The van der Waals surface area contributed by atoms with E-state index in [0.717, 1.165) is 12.0 Å². The van der Waals surface area contributed by atoms with Crippen molar-refractivity contribution in [2.75, 3.05) is 18.6 Å². The number of amides is 1. The standard InChI is InChI=1S/C16H15ClFN3O2/c1-9-10-4-3-7-21(15(10)11(17)8-12(9)18)16(22)13-5-6-14(23-2)20-19-13/h5-6,8H,3-4,7H2,1-2H3. The Morgan fingerprint density at radius 1 is 1.39 bits per heavy atom. The zero-order valence-corrected chi connectivity index (χ0v) is 13.5. The molecule has 2 aromatic rings. The van der Waals surface area contributed by atoms with Crippen LogP contribution in [0.15, 0.2) is 18.2 Å². The van der Waals surface area contributed by atoms with Gasteiger partial charge in [-0.15, -0.1) is 10.2 Å². The molecular formula is C16H15ClFN3O2. The fourth-order valence-corrected chi connectivity index (χ4v) is 3.07. The second kappa shape index (κ2) is 6.12. The third-order valence-electron chi connectivity index (χ3n) is 3.97. The van der Waals surface area contributed by atoms with Gasteiger partial charge in [0, 0.05) is 12.6 Å². The van der Waals surface area contributed by atoms with Gasteiger partial charge in [-0.2, -0.15) is 0 Å². The molecule has 0 bridgehead atoms. The molecule has 7 heteroatoms. The Balaban J connectivity index is 2.02. The zero-order chi connectivity index (χ0) is 16.6. The molecule has 0 aliphatic carbocycles. The first kappa shape index (κ1) is 15.7. The van der Waals surface area contributed by atoms with Crippen LogP contribution >= 0.6 is 11.6 Å². The number of carbonyl (C=O) groups excluding carboxylic acids is 1. The number of hydrogen-bond donors (Lipinski definition) is 0. The summed E-state index contributed by atoms with van der Waals surface area (Å²) in [5.41, 5.74) is 2.06. The fraction of sp³-hybridized carbons (Fsp3) is 0.312. The lowest BCUT2D eigenvalue weighted by molar-refractivity contribution is 0.0979. The first-order valence-corrected chi connectivity index (χ1v) is 7.57. The molecule has 1 aliphatic rings. The molecule has 0 unspecified atom stereocenters. The lowest BCUT2D eigenvalue weighted by Gasteiger charge is -2.31. The number of fused-ring (bicyclic) bond motifs is 1. The molecule has 0 fully saturated rings. The van der Waals surface area contributed by atoms with Crippen molar-refractivity contribution in [2.24, 2.45) is 0 Å². The monoisotopic (exact) mass is 335 g/mol. The third-order valence-corrected chi connectivity index (χ3v) is 4.26. The van der Waals surface area contributed by atoms with Crippen molar-refractivity contribution in [2.45, 2.75) is 19.8 Å². The van der Waals surface area contributed by atoms with Crippen LogP contribution in [0.4, 0.5) is 10.1 Å². The van der Waals surface area contributed by atoms with Gasteiger partial charge in [-0.25, -0.2) is 4.39 Å². The van der Waals surface area contributed by atoms with Gasteiger partial charge in [-0.1, -0.05) is 11.6 Å². The average molecular weight is 336 g/mol. The van der Waals surface area contributed by atoms with Crippen molar-refractivity contribution in [1.82, 2.24) is 10.2 Å². The molecule has 3 rings (SSSR count). The van der Waals surface area contributed by atoms with Gasteiger partial charge in [0.2, 0.25) is 5.88 Å². The first-order valence-electron chi connectivity index (χ1n) is 7.20. The van der Waals surface area contributed by atoms with Gasteiger partial charge >= 0.3 is 0 Å². The Morgan fingerprint density at radius 3 is 2.83 bits per heavy atom. The van der Waals surface area contributed by atoms with Crippen LogP contribution in [-0.4, -0.2) is 29.8 Å². The number of halogens is 2. The van der Waals surface area contributed by atoms with E-state index in [1.807, 2.05) is 0 Å². The summed E-state index contributed by atoms with van der Waals surface area (Å²) in [5, 5.41) is 7.93. The second-order valence-corrected chi connectivity index (χ2v) is 5.72. The molecule has 0 saturated carbocycles. The van der Waals surface area contributed by atoms with Crippen molar-refractivity contribution < 1.29 is 13.9 Å². The third kappa shape index (κ3) is 2.74. The topological polar surface area (TPSA) is 55.3 Å². The highest BCUT2D eigenvalue weighted by atomic mass is 35.5. The van der Waals surface area contributed by atoms with Crippen LogP contribution in [0.3, 0.4) is 0 Å². The van der Waals surface area contributed by atoms with Crippen molar-refractivity contribution in [3.05, 3.63) is 45.9 Å². The molecule has 0 saturated heterocycles. The maximum atomic E-state index is 13.9. The van der Waals surface area contributed by atoms with Crippen molar-refractivity contribution in [1.29, 1.82) is 0 Å². The molecule has 0 atom stereocenters. The highest BCUT2D eigenvalue weighted by Gasteiger charge is 2.29. The van der Waals surface area contributed by atoms with Crippen LogP contribution in [0, 0.1) is 12.7 Å². The second-order valence-electron chi connectivity index (χ2n) is 5.31. The lowest BCUT2D eigenvalue weighted by Crippen LogP contribution is -2.36. The van der Waals surface area contributed by atoms with Gasteiger partial charge in [0.1, 0.15) is 5.82 Å². The quantitative estimate of drug-likeness (QED) is 0.845. The largest absolute Gasteiger partial charge is 0.480 e.